The maximum atomic E-state index is 13.2. The van der Waals surface area contributed by atoms with Crippen LogP contribution in [-0.4, -0.2) is 27.8 Å². The summed E-state index contributed by atoms with van der Waals surface area (Å²) in [5.41, 5.74) is 0.209. The number of sulfone groups is 1. The molecule has 0 saturated carbocycles. The number of amides is 2. The number of anilines is 1. The van der Waals surface area contributed by atoms with E-state index < -0.39 is 26.6 Å². The highest BCUT2D eigenvalue weighted by atomic mass is 32.2. The van der Waals surface area contributed by atoms with Gasteiger partial charge >= 0.3 is 6.03 Å². The molecule has 0 atom stereocenters. The van der Waals surface area contributed by atoms with Crippen LogP contribution in [0, 0.1) is 5.82 Å². The molecule has 1 rings (SSSR count). The Morgan fingerprint density at radius 1 is 1.38 bits per heavy atom. The molecule has 7 heteroatoms. The summed E-state index contributed by atoms with van der Waals surface area (Å²) >= 11 is 0. The smallest absolute Gasteiger partial charge is 0.318 e. The maximum absolute atomic E-state index is 13.2. The summed E-state index contributed by atoms with van der Waals surface area (Å²) in [6, 6.07) is 2.83. The van der Waals surface area contributed by atoms with Crippen molar-refractivity contribution in [1.82, 2.24) is 5.32 Å². The second-order valence-electron chi connectivity index (χ2n) is 3.12. The fourth-order valence-corrected chi connectivity index (χ4v) is 1.82. The molecule has 5 nitrogen and oxygen atoms in total. The van der Waals surface area contributed by atoms with Gasteiger partial charge in [0.1, 0.15) is 10.7 Å². The molecular formula is C9H11FN2O3S. The van der Waals surface area contributed by atoms with Crippen LogP contribution in [0.4, 0.5) is 14.9 Å². The molecule has 0 aliphatic carbocycles. The van der Waals surface area contributed by atoms with Gasteiger partial charge in [-0.15, -0.1) is 0 Å². The SMILES string of the molecule is CNC(=O)Nc1ccc(F)c(S(C)(=O)=O)c1. The zero-order valence-corrected chi connectivity index (χ0v) is 9.56. The number of rotatable bonds is 2. The van der Waals surface area contributed by atoms with Crippen molar-refractivity contribution >= 4 is 21.6 Å². The van der Waals surface area contributed by atoms with E-state index in [9.17, 15) is 17.6 Å². The molecule has 0 saturated heterocycles. The van der Waals surface area contributed by atoms with Crippen LogP contribution < -0.4 is 10.6 Å². The number of carbonyl (C=O) groups is 1. The van der Waals surface area contributed by atoms with Crippen molar-refractivity contribution in [2.45, 2.75) is 4.90 Å². The van der Waals surface area contributed by atoms with Crippen molar-refractivity contribution in [3.63, 3.8) is 0 Å². The van der Waals surface area contributed by atoms with E-state index in [1.807, 2.05) is 0 Å². The molecule has 0 radical (unpaired) electrons. The summed E-state index contributed by atoms with van der Waals surface area (Å²) in [6.07, 6.45) is 0.898. The van der Waals surface area contributed by atoms with E-state index >= 15 is 0 Å². The Balaban J connectivity index is 3.13. The first-order chi connectivity index (χ1) is 7.34. The van der Waals surface area contributed by atoms with Crippen molar-refractivity contribution in [1.29, 1.82) is 0 Å². The molecule has 0 aliphatic heterocycles. The summed E-state index contributed by atoms with van der Waals surface area (Å²) < 4.78 is 35.6. The van der Waals surface area contributed by atoms with Crippen LogP contribution in [-0.2, 0) is 9.84 Å². The lowest BCUT2D eigenvalue weighted by Crippen LogP contribution is -2.24. The van der Waals surface area contributed by atoms with Crippen molar-refractivity contribution in [3.8, 4) is 0 Å². The number of carbonyl (C=O) groups excluding carboxylic acids is 1. The minimum Gasteiger partial charge on any atom is -0.341 e. The molecule has 0 aliphatic rings. The highest BCUT2D eigenvalue weighted by Gasteiger charge is 2.14. The van der Waals surface area contributed by atoms with E-state index in [1.165, 1.54) is 13.1 Å². The fourth-order valence-electron chi connectivity index (χ4n) is 1.06. The Morgan fingerprint density at radius 3 is 2.50 bits per heavy atom. The van der Waals surface area contributed by atoms with Gasteiger partial charge in [-0.25, -0.2) is 17.6 Å². The van der Waals surface area contributed by atoms with Crippen molar-refractivity contribution < 1.29 is 17.6 Å². The Labute approximate surface area is 92.6 Å². The van der Waals surface area contributed by atoms with Gasteiger partial charge in [-0.1, -0.05) is 0 Å². The lowest BCUT2D eigenvalue weighted by molar-refractivity contribution is 0.254. The lowest BCUT2D eigenvalue weighted by atomic mass is 10.3. The average molecular weight is 246 g/mol. The van der Waals surface area contributed by atoms with Gasteiger partial charge in [-0.05, 0) is 18.2 Å². The zero-order chi connectivity index (χ0) is 12.3. The summed E-state index contributed by atoms with van der Waals surface area (Å²) in [4.78, 5) is 10.5. The predicted octanol–water partition coefficient (Wildman–Crippen LogP) is 0.980. The summed E-state index contributed by atoms with van der Waals surface area (Å²) in [5.74, 6) is -0.843. The number of benzene rings is 1. The molecule has 16 heavy (non-hydrogen) atoms. The molecule has 2 amide bonds. The molecule has 88 valence electrons. The largest absolute Gasteiger partial charge is 0.341 e. The minimum absolute atomic E-state index is 0.209. The van der Waals surface area contributed by atoms with Crippen LogP contribution in [0.15, 0.2) is 23.1 Å². The van der Waals surface area contributed by atoms with E-state index in [0.29, 0.717) is 0 Å². The van der Waals surface area contributed by atoms with Crippen molar-refractivity contribution in [3.05, 3.63) is 24.0 Å². The van der Waals surface area contributed by atoms with E-state index in [2.05, 4.69) is 10.6 Å². The average Bonchev–Trinajstić information content (AvgIpc) is 2.19. The predicted molar refractivity (Wildman–Crippen MR) is 57.6 cm³/mol. The summed E-state index contributed by atoms with van der Waals surface area (Å²) in [6.45, 7) is 0. The molecule has 1 aromatic rings. The second kappa shape index (κ2) is 4.48. The zero-order valence-electron chi connectivity index (χ0n) is 8.74. The van der Waals surface area contributed by atoms with Gasteiger partial charge in [0.2, 0.25) is 0 Å². The third kappa shape index (κ3) is 2.93. The van der Waals surface area contributed by atoms with Crippen molar-refractivity contribution in [2.75, 3.05) is 18.6 Å². The van der Waals surface area contributed by atoms with Gasteiger partial charge in [-0.2, -0.15) is 0 Å². The van der Waals surface area contributed by atoms with Gasteiger partial charge in [0.25, 0.3) is 0 Å². The third-order valence-electron chi connectivity index (χ3n) is 1.82. The Bertz CT molecular complexity index is 513. The normalized spacial score (nSPS) is 10.9. The molecule has 0 unspecified atom stereocenters. The molecule has 2 N–H and O–H groups in total. The van der Waals surface area contributed by atoms with E-state index in [0.717, 1.165) is 18.4 Å². The van der Waals surface area contributed by atoms with Crippen LogP contribution in [0.1, 0.15) is 0 Å². The topological polar surface area (TPSA) is 75.3 Å². The Morgan fingerprint density at radius 2 is 2.00 bits per heavy atom. The maximum Gasteiger partial charge on any atom is 0.318 e. The van der Waals surface area contributed by atoms with Crippen LogP contribution in [0.2, 0.25) is 0 Å². The van der Waals surface area contributed by atoms with E-state index in [4.69, 9.17) is 0 Å². The number of urea groups is 1. The number of hydrogen-bond donors (Lipinski definition) is 2. The monoisotopic (exact) mass is 246 g/mol. The molecule has 0 bridgehead atoms. The van der Waals surface area contributed by atoms with Crippen LogP contribution >= 0.6 is 0 Å². The van der Waals surface area contributed by atoms with Crippen LogP contribution in [0.25, 0.3) is 0 Å². The first kappa shape index (κ1) is 12.4. The number of hydrogen-bond acceptors (Lipinski definition) is 3. The molecular weight excluding hydrogens is 235 g/mol. The summed E-state index contributed by atoms with van der Waals surface area (Å²) in [7, 11) is -2.23. The van der Waals surface area contributed by atoms with E-state index in [-0.39, 0.29) is 5.69 Å². The first-order valence-electron chi connectivity index (χ1n) is 4.33. The van der Waals surface area contributed by atoms with Crippen LogP contribution in [0.5, 0.6) is 0 Å². The second-order valence-corrected chi connectivity index (χ2v) is 5.11. The summed E-state index contributed by atoms with van der Waals surface area (Å²) in [5, 5.41) is 4.64. The highest BCUT2D eigenvalue weighted by Crippen LogP contribution is 2.19. The van der Waals surface area contributed by atoms with Gasteiger partial charge in [0.05, 0.1) is 0 Å². The highest BCUT2D eigenvalue weighted by molar-refractivity contribution is 7.90. The standard InChI is InChI=1S/C9H11FN2O3S/c1-11-9(13)12-6-3-4-7(10)8(5-6)16(2,14)15/h3-5H,1-2H3,(H2,11,12,13). The molecule has 0 spiro atoms. The van der Waals surface area contributed by atoms with Gasteiger partial charge in [0.15, 0.2) is 9.84 Å². The van der Waals surface area contributed by atoms with Crippen LogP contribution in [0.3, 0.4) is 0 Å². The first-order valence-corrected chi connectivity index (χ1v) is 6.22. The minimum atomic E-state index is -3.65. The van der Waals surface area contributed by atoms with Gasteiger partial charge in [-0.3, -0.25) is 0 Å². The molecule has 0 aromatic heterocycles. The molecule has 0 heterocycles. The third-order valence-corrected chi connectivity index (χ3v) is 2.93. The molecule has 1 aromatic carbocycles. The number of nitrogens with one attached hydrogen (secondary N) is 2. The molecule has 0 fully saturated rings. The lowest BCUT2D eigenvalue weighted by Gasteiger charge is -2.06. The van der Waals surface area contributed by atoms with E-state index in [1.54, 1.807) is 0 Å². The van der Waals surface area contributed by atoms with Gasteiger partial charge < -0.3 is 10.6 Å². The Kier molecular flexibility index (Phi) is 3.48. The number of halogens is 1. The fraction of sp³-hybridized carbons (Fsp3) is 0.222. The quantitative estimate of drug-likeness (QED) is 0.816. The van der Waals surface area contributed by atoms with Gasteiger partial charge in [0, 0.05) is 19.0 Å². The Hall–Kier alpha value is -1.63. The van der Waals surface area contributed by atoms with Crippen molar-refractivity contribution in [2.24, 2.45) is 0 Å².